The van der Waals surface area contributed by atoms with Gasteiger partial charge in [-0.25, -0.2) is 8.42 Å². The minimum atomic E-state index is -3.58. The lowest BCUT2D eigenvalue weighted by Crippen LogP contribution is -2.42. The predicted octanol–water partition coefficient (Wildman–Crippen LogP) is 2.61. The maximum Gasteiger partial charge on any atom is 0.244 e. The van der Waals surface area contributed by atoms with Crippen LogP contribution in [0.25, 0.3) is 0 Å². The zero-order valence-corrected chi connectivity index (χ0v) is 13.6. The average molecular weight is 337 g/mol. The number of sulfonamides is 1. The standard InChI is InChI=1S/C13H18Cl2N2O2S/c1-16-8-10-4-3-7-17(9-10)20(18,19)12-6-2-5-11(14)13(12)15/h2,5-6,10,16H,3-4,7-9H2,1H3/t10-/m1/s1. The number of benzene rings is 1. The van der Waals surface area contributed by atoms with Crippen molar-refractivity contribution in [2.75, 3.05) is 26.7 Å². The van der Waals surface area contributed by atoms with Crippen LogP contribution in [-0.4, -0.2) is 39.4 Å². The first kappa shape index (κ1) is 16.0. The molecule has 0 aromatic heterocycles. The fourth-order valence-electron chi connectivity index (χ4n) is 2.52. The van der Waals surface area contributed by atoms with E-state index in [0.717, 1.165) is 19.4 Å². The van der Waals surface area contributed by atoms with Crippen molar-refractivity contribution in [2.45, 2.75) is 17.7 Å². The number of halogens is 2. The van der Waals surface area contributed by atoms with Crippen LogP contribution < -0.4 is 5.32 Å². The van der Waals surface area contributed by atoms with Gasteiger partial charge in [0, 0.05) is 13.1 Å². The lowest BCUT2D eigenvalue weighted by Gasteiger charge is -2.32. The van der Waals surface area contributed by atoms with Gasteiger partial charge in [0.15, 0.2) is 0 Å². The molecule has 7 heteroatoms. The molecule has 1 heterocycles. The molecule has 1 fully saturated rings. The fourth-order valence-corrected chi connectivity index (χ4v) is 4.81. The molecule has 1 aromatic rings. The van der Waals surface area contributed by atoms with E-state index in [1.54, 1.807) is 12.1 Å². The van der Waals surface area contributed by atoms with E-state index in [0.29, 0.717) is 19.0 Å². The molecule has 0 saturated carbocycles. The van der Waals surface area contributed by atoms with E-state index in [2.05, 4.69) is 5.32 Å². The second-order valence-corrected chi connectivity index (χ2v) is 7.67. The third kappa shape index (κ3) is 3.28. The molecule has 1 N–H and O–H groups in total. The molecule has 1 aliphatic rings. The molecule has 2 rings (SSSR count). The lowest BCUT2D eigenvalue weighted by atomic mass is 10.00. The summed E-state index contributed by atoms with van der Waals surface area (Å²) in [6, 6.07) is 4.70. The molecule has 1 atom stereocenters. The first-order valence-electron chi connectivity index (χ1n) is 6.55. The summed E-state index contributed by atoms with van der Waals surface area (Å²) in [7, 11) is -1.70. The maximum atomic E-state index is 12.7. The van der Waals surface area contributed by atoms with Gasteiger partial charge >= 0.3 is 0 Å². The van der Waals surface area contributed by atoms with E-state index in [1.807, 2.05) is 7.05 Å². The van der Waals surface area contributed by atoms with Crippen molar-refractivity contribution in [2.24, 2.45) is 5.92 Å². The monoisotopic (exact) mass is 336 g/mol. The molecule has 112 valence electrons. The van der Waals surface area contributed by atoms with Crippen LogP contribution in [0.1, 0.15) is 12.8 Å². The van der Waals surface area contributed by atoms with Crippen molar-refractivity contribution >= 4 is 33.2 Å². The van der Waals surface area contributed by atoms with Crippen molar-refractivity contribution < 1.29 is 8.42 Å². The Labute approximate surface area is 130 Å². The van der Waals surface area contributed by atoms with E-state index in [1.165, 1.54) is 10.4 Å². The van der Waals surface area contributed by atoms with Crippen LogP contribution in [0.2, 0.25) is 10.0 Å². The Balaban J connectivity index is 2.28. The summed E-state index contributed by atoms with van der Waals surface area (Å²) < 4.78 is 26.9. The second-order valence-electron chi connectivity index (χ2n) is 4.98. The molecule has 1 aromatic carbocycles. The predicted molar refractivity (Wildman–Crippen MR) is 81.9 cm³/mol. The van der Waals surface area contributed by atoms with Gasteiger partial charge < -0.3 is 5.32 Å². The van der Waals surface area contributed by atoms with Crippen LogP contribution in [0.3, 0.4) is 0 Å². The molecule has 0 aliphatic carbocycles. The van der Waals surface area contributed by atoms with Gasteiger partial charge in [-0.05, 0) is 44.5 Å². The quantitative estimate of drug-likeness (QED) is 0.919. The van der Waals surface area contributed by atoms with Gasteiger partial charge in [0.2, 0.25) is 10.0 Å². The van der Waals surface area contributed by atoms with Gasteiger partial charge in [-0.15, -0.1) is 0 Å². The molecule has 0 radical (unpaired) electrons. The molecular formula is C13H18Cl2N2O2S. The summed E-state index contributed by atoms with van der Waals surface area (Å²) in [5.41, 5.74) is 0. The second kappa shape index (κ2) is 6.62. The van der Waals surface area contributed by atoms with E-state index in [4.69, 9.17) is 23.2 Å². The Morgan fingerprint density at radius 1 is 1.40 bits per heavy atom. The molecule has 0 bridgehead atoms. The highest BCUT2D eigenvalue weighted by atomic mass is 35.5. The van der Waals surface area contributed by atoms with Crippen molar-refractivity contribution in [1.29, 1.82) is 0 Å². The molecule has 4 nitrogen and oxygen atoms in total. The summed E-state index contributed by atoms with van der Waals surface area (Å²) in [5, 5.41) is 3.46. The zero-order valence-electron chi connectivity index (χ0n) is 11.3. The summed E-state index contributed by atoms with van der Waals surface area (Å²) >= 11 is 12.0. The van der Waals surface area contributed by atoms with Crippen molar-refractivity contribution in [1.82, 2.24) is 9.62 Å². The molecule has 0 unspecified atom stereocenters. The average Bonchev–Trinajstić information content (AvgIpc) is 2.42. The zero-order chi connectivity index (χ0) is 14.8. The lowest BCUT2D eigenvalue weighted by molar-refractivity contribution is 0.263. The molecular weight excluding hydrogens is 319 g/mol. The van der Waals surface area contributed by atoms with Gasteiger partial charge in [0.25, 0.3) is 0 Å². The highest BCUT2D eigenvalue weighted by Crippen LogP contribution is 2.32. The van der Waals surface area contributed by atoms with Crippen molar-refractivity contribution in [3.8, 4) is 0 Å². The molecule has 1 saturated heterocycles. The van der Waals surface area contributed by atoms with Crippen molar-refractivity contribution in [3.05, 3.63) is 28.2 Å². The normalized spacial score (nSPS) is 21.1. The Kier molecular flexibility index (Phi) is 5.31. The summed E-state index contributed by atoms with van der Waals surface area (Å²) in [5.74, 6) is 0.335. The Bertz CT molecular complexity index is 576. The first-order valence-corrected chi connectivity index (χ1v) is 8.75. The van der Waals surface area contributed by atoms with Crippen LogP contribution in [0, 0.1) is 5.92 Å². The van der Waals surface area contributed by atoms with E-state index < -0.39 is 10.0 Å². The highest BCUT2D eigenvalue weighted by Gasteiger charge is 2.31. The van der Waals surface area contributed by atoms with Crippen LogP contribution in [0.5, 0.6) is 0 Å². The number of rotatable bonds is 4. The van der Waals surface area contributed by atoms with Crippen LogP contribution >= 0.6 is 23.2 Å². The van der Waals surface area contributed by atoms with Gasteiger partial charge in [-0.1, -0.05) is 29.3 Å². The van der Waals surface area contributed by atoms with Crippen LogP contribution in [0.15, 0.2) is 23.1 Å². The van der Waals surface area contributed by atoms with Crippen molar-refractivity contribution in [3.63, 3.8) is 0 Å². The van der Waals surface area contributed by atoms with E-state index >= 15 is 0 Å². The van der Waals surface area contributed by atoms with Crippen LogP contribution in [-0.2, 0) is 10.0 Å². The fraction of sp³-hybridized carbons (Fsp3) is 0.538. The van der Waals surface area contributed by atoms with Gasteiger partial charge in [-0.3, -0.25) is 0 Å². The molecule has 0 spiro atoms. The number of nitrogens with zero attached hydrogens (tertiary/aromatic N) is 1. The maximum absolute atomic E-state index is 12.7. The summed E-state index contributed by atoms with van der Waals surface area (Å²) in [6.45, 7) is 1.87. The third-order valence-electron chi connectivity index (χ3n) is 3.51. The minimum Gasteiger partial charge on any atom is -0.319 e. The van der Waals surface area contributed by atoms with E-state index in [9.17, 15) is 8.42 Å². The largest absolute Gasteiger partial charge is 0.319 e. The smallest absolute Gasteiger partial charge is 0.244 e. The SMILES string of the molecule is CNC[C@H]1CCCN(S(=O)(=O)c2cccc(Cl)c2Cl)C1. The number of piperidine rings is 1. The molecule has 0 amide bonds. The van der Waals surface area contributed by atoms with E-state index in [-0.39, 0.29) is 14.9 Å². The summed E-state index contributed by atoms with van der Waals surface area (Å²) in [4.78, 5) is 0.0942. The number of hydrogen-bond donors (Lipinski definition) is 1. The Morgan fingerprint density at radius 2 is 2.15 bits per heavy atom. The molecule has 20 heavy (non-hydrogen) atoms. The summed E-state index contributed by atoms with van der Waals surface area (Å²) in [6.07, 6.45) is 1.90. The van der Waals surface area contributed by atoms with Gasteiger partial charge in [0.1, 0.15) is 4.90 Å². The molecule has 1 aliphatic heterocycles. The minimum absolute atomic E-state index is 0.0942. The number of nitrogens with one attached hydrogen (secondary N) is 1. The Hall–Kier alpha value is -0.330. The van der Waals surface area contributed by atoms with Gasteiger partial charge in [-0.2, -0.15) is 4.31 Å². The topological polar surface area (TPSA) is 49.4 Å². The number of hydrogen-bond acceptors (Lipinski definition) is 3. The first-order chi connectivity index (χ1) is 9.46. The Morgan fingerprint density at radius 3 is 2.85 bits per heavy atom. The highest BCUT2D eigenvalue weighted by molar-refractivity contribution is 7.89. The third-order valence-corrected chi connectivity index (χ3v) is 6.35. The van der Waals surface area contributed by atoms with Crippen LogP contribution in [0.4, 0.5) is 0 Å². The van der Waals surface area contributed by atoms with Gasteiger partial charge in [0.05, 0.1) is 10.0 Å².